The van der Waals surface area contributed by atoms with Crippen LogP contribution in [0.3, 0.4) is 0 Å². The van der Waals surface area contributed by atoms with Gasteiger partial charge in [-0.25, -0.2) is 8.42 Å². The summed E-state index contributed by atoms with van der Waals surface area (Å²) in [6.07, 6.45) is 2.08. The van der Waals surface area contributed by atoms with E-state index in [2.05, 4.69) is 5.32 Å². The number of nitrogens with zero attached hydrogens (tertiary/aromatic N) is 2. The normalized spacial score (nSPS) is 12.0. The third kappa shape index (κ3) is 8.33. The third-order valence-electron chi connectivity index (χ3n) is 5.81. The Morgan fingerprint density at radius 2 is 1.49 bits per heavy atom. The summed E-state index contributed by atoms with van der Waals surface area (Å²) in [5.74, 6) is -0.782. The summed E-state index contributed by atoms with van der Waals surface area (Å²) in [6, 6.07) is 24.1. The van der Waals surface area contributed by atoms with Gasteiger partial charge in [0.2, 0.25) is 21.8 Å². The largest absolute Gasteiger partial charge is 0.354 e. The van der Waals surface area contributed by atoms with Crippen LogP contribution in [0.15, 0.2) is 84.9 Å². The Hall–Kier alpha value is -3.36. The summed E-state index contributed by atoms with van der Waals surface area (Å²) in [5, 5.41) is 3.46. The molecule has 196 valence electrons. The van der Waals surface area contributed by atoms with E-state index in [1.165, 1.54) is 4.90 Å². The number of halogens is 1. The van der Waals surface area contributed by atoms with Crippen molar-refractivity contribution >= 4 is 39.1 Å². The quantitative estimate of drug-likeness (QED) is 0.371. The number of sulfonamides is 1. The zero-order chi connectivity index (χ0) is 26.8. The Kier molecular flexibility index (Phi) is 10.1. The van der Waals surface area contributed by atoms with Crippen molar-refractivity contribution in [2.24, 2.45) is 0 Å². The highest BCUT2D eigenvalue weighted by Crippen LogP contribution is 2.20. The van der Waals surface area contributed by atoms with Crippen molar-refractivity contribution in [1.82, 2.24) is 10.2 Å². The number of amides is 2. The van der Waals surface area contributed by atoms with Gasteiger partial charge in [0.1, 0.15) is 12.6 Å². The molecule has 0 aliphatic heterocycles. The lowest BCUT2D eigenvalue weighted by Gasteiger charge is -2.33. The maximum atomic E-state index is 13.9. The van der Waals surface area contributed by atoms with Crippen LogP contribution >= 0.6 is 11.6 Å². The highest BCUT2D eigenvalue weighted by atomic mass is 35.5. The topological polar surface area (TPSA) is 86.8 Å². The number of benzene rings is 3. The van der Waals surface area contributed by atoms with Gasteiger partial charge in [-0.15, -0.1) is 0 Å². The number of nitrogens with one attached hydrogen (secondary N) is 1. The molecule has 0 fully saturated rings. The summed E-state index contributed by atoms with van der Waals surface area (Å²) < 4.78 is 26.4. The molecule has 2 amide bonds. The van der Waals surface area contributed by atoms with Gasteiger partial charge in [0.05, 0.1) is 11.9 Å². The highest BCUT2D eigenvalue weighted by molar-refractivity contribution is 7.92. The lowest BCUT2D eigenvalue weighted by atomic mass is 10.0. The molecule has 0 unspecified atom stereocenters. The smallest absolute Gasteiger partial charge is 0.244 e. The second kappa shape index (κ2) is 13.3. The summed E-state index contributed by atoms with van der Waals surface area (Å²) in [7, 11) is -3.78. The van der Waals surface area contributed by atoms with Gasteiger partial charge in [-0.2, -0.15) is 0 Å². The van der Waals surface area contributed by atoms with Crippen molar-refractivity contribution in [3.8, 4) is 0 Å². The molecular weight excluding hydrogens is 510 g/mol. The first-order valence-corrected chi connectivity index (χ1v) is 14.3. The van der Waals surface area contributed by atoms with Crippen LogP contribution in [0.5, 0.6) is 0 Å². The van der Waals surface area contributed by atoms with Crippen molar-refractivity contribution < 1.29 is 18.0 Å². The maximum Gasteiger partial charge on any atom is 0.244 e. The first kappa shape index (κ1) is 28.2. The standard InChI is InChI=1S/C28H32ClN3O4S/c1-3-18-30-28(34)26(19-22-10-6-4-7-11-22)31(20-23-14-16-24(29)17-15-23)27(33)21-32(37(2,35)36)25-12-8-5-9-13-25/h4-17,26H,3,18-21H2,1-2H3,(H,30,34)/t26-/m1/s1. The van der Waals surface area contributed by atoms with Gasteiger partial charge < -0.3 is 10.2 Å². The van der Waals surface area contributed by atoms with Crippen LogP contribution < -0.4 is 9.62 Å². The van der Waals surface area contributed by atoms with Crippen molar-refractivity contribution in [3.05, 3.63) is 101 Å². The van der Waals surface area contributed by atoms with Crippen LogP contribution in [0.2, 0.25) is 5.02 Å². The molecule has 0 saturated carbocycles. The van der Waals surface area contributed by atoms with E-state index in [1.54, 1.807) is 54.6 Å². The highest BCUT2D eigenvalue weighted by Gasteiger charge is 2.32. The Bertz CT molecular complexity index is 1270. The minimum absolute atomic E-state index is 0.111. The van der Waals surface area contributed by atoms with E-state index in [-0.39, 0.29) is 18.9 Å². The van der Waals surface area contributed by atoms with Gasteiger partial charge in [-0.1, -0.05) is 79.2 Å². The predicted molar refractivity (Wildman–Crippen MR) is 148 cm³/mol. The maximum absolute atomic E-state index is 13.9. The van der Waals surface area contributed by atoms with E-state index in [0.717, 1.165) is 28.1 Å². The van der Waals surface area contributed by atoms with Crippen molar-refractivity contribution in [2.45, 2.75) is 32.4 Å². The lowest BCUT2D eigenvalue weighted by molar-refractivity contribution is -0.140. The van der Waals surface area contributed by atoms with Crippen LogP contribution in [-0.4, -0.2) is 50.5 Å². The Morgan fingerprint density at radius 1 is 0.892 bits per heavy atom. The number of rotatable bonds is 12. The molecule has 9 heteroatoms. The SMILES string of the molecule is CCCNC(=O)[C@@H](Cc1ccccc1)N(Cc1ccc(Cl)cc1)C(=O)CN(c1ccccc1)S(C)(=O)=O. The van der Waals surface area contributed by atoms with Crippen molar-refractivity contribution in [3.63, 3.8) is 0 Å². The fourth-order valence-electron chi connectivity index (χ4n) is 3.91. The number of hydrogen-bond donors (Lipinski definition) is 1. The first-order chi connectivity index (χ1) is 17.7. The van der Waals surface area contributed by atoms with E-state index in [0.29, 0.717) is 17.3 Å². The van der Waals surface area contributed by atoms with Crippen LogP contribution in [0.25, 0.3) is 0 Å². The van der Waals surface area contributed by atoms with Gasteiger partial charge in [0.15, 0.2) is 0 Å². The van der Waals surface area contributed by atoms with Gasteiger partial charge in [-0.05, 0) is 41.8 Å². The number of carbonyl (C=O) groups is 2. The van der Waals surface area contributed by atoms with Gasteiger partial charge >= 0.3 is 0 Å². The molecule has 3 aromatic carbocycles. The molecule has 0 bridgehead atoms. The Balaban J connectivity index is 2.01. The number of para-hydroxylation sites is 1. The Labute approximate surface area is 224 Å². The lowest BCUT2D eigenvalue weighted by Crippen LogP contribution is -2.53. The summed E-state index contributed by atoms with van der Waals surface area (Å²) >= 11 is 6.06. The average Bonchev–Trinajstić information content (AvgIpc) is 2.89. The van der Waals surface area contributed by atoms with E-state index < -0.39 is 28.5 Å². The molecule has 1 atom stereocenters. The second-order valence-corrected chi connectivity index (χ2v) is 11.1. The van der Waals surface area contributed by atoms with E-state index in [9.17, 15) is 18.0 Å². The van der Waals surface area contributed by atoms with Gasteiger partial charge in [0.25, 0.3) is 0 Å². The first-order valence-electron chi connectivity index (χ1n) is 12.1. The summed E-state index contributed by atoms with van der Waals surface area (Å²) in [5.41, 5.74) is 2.03. The summed E-state index contributed by atoms with van der Waals surface area (Å²) in [6.45, 7) is 2.09. The van der Waals surface area contributed by atoms with Gasteiger partial charge in [-0.3, -0.25) is 13.9 Å². The fourth-order valence-corrected chi connectivity index (χ4v) is 4.89. The molecule has 0 aliphatic carbocycles. The summed E-state index contributed by atoms with van der Waals surface area (Å²) in [4.78, 5) is 28.7. The molecule has 7 nitrogen and oxygen atoms in total. The second-order valence-electron chi connectivity index (χ2n) is 8.75. The molecule has 37 heavy (non-hydrogen) atoms. The number of anilines is 1. The van der Waals surface area contributed by atoms with E-state index in [1.807, 2.05) is 37.3 Å². The fraction of sp³-hybridized carbons (Fsp3) is 0.286. The Morgan fingerprint density at radius 3 is 2.05 bits per heavy atom. The van der Waals surface area contributed by atoms with E-state index in [4.69, 9.17) is 11.6 Å². The van der Waals surface area contributed by atoms with Crippen LogP contribution in [0.4, 0.5) is 5.69 Å². The number of carbonyl (C=O) groups excluding carboxylic acids is 2. The molecule has 3 aromatic rings. The molecule has 3 rings (SSSR count). The van der Waals surface area contributed by atoms with Gasteiger partial charge in [0, 0.05) is 24.5 Å². The molecule has 0 saturated heterocycles. The van der Waals surface area contributed by atoms with E-state index >= 15 is 0 Å². The van der Waals surface area contributed by atoms with Crippen molar-refractivity contribution in [1.29, 1.82) is 0 Å². The molecule has 0 heterocycles. The molecule has 0 radical (unpaired) electrons. The van der Waals surface area contributed by atoms with Crippen molar-refractivity contribution in [2.75, 3.05) is 23.7 Å². The third-order valence-corrected chi connectivity index (χ3v) is 7.20. The van der Waals surface area contributed by atoms with Crippen LogP contribution in [-0.2, 0) is 32.6 Å². The minimum atomic E-state index is -3.78. The zero-order valence-corrected chi connectivity index (χ0v) is 22.6. The number of hydrogen-bond acceptors (Lipinski definition) is 4. The predicted octanol–water partition coefficient (Wildman–Crippen LogP) is 4.27. The average molecular weight is 542 g/mol. The molecular formula is C28H32ClN3O4S. The molecule has 0 spiro atoms. The molecule has 1 N–H and O–H groups in total. The van der Waals surface area contributed by atoms with Crippen LogP contribution in [0.1, 0.15) is 24.5 Å². The monoisotopic (exact) mass is 541 g/mol. The zero-order valence-electron chi connectivity index (χ0n) is 21.0. The molecule has 0 aromatic heterocycles. The minimum Gasteiger partial charge on any atom is -0.354 e. The van der Waals surface area contributed by atoms with Crippen LogP contribution in [0, 0.1) is 0 Å². The molecule has 0 aliphatic rings.